The number of ether oxygens (including phenoxy) is 1. The maximum Gasteiger partial charge on any atom is 0.220 e. The van der Waals surface area contributed by atoms with Crippen LogP contribution in [0.3, 0.4) is 0 Å². The molecule has 3 rings (SSSR count). The lowest BCUT2D eigenvalue weighted by Gasteiger charge is -2.28. The summed E-state index contributed by atoms with van der Waals surface area (Å²) in [4.78, 5) is 30.7. The van der Waals surface area contributed by atoms with Crippen LogP contribution in [-0.4, -0.2) is 34.4 Å². The first-order valence-electron chi connectivity index (χ1n) is 12.5. The molecular formula is C27H42N2O3S. The van der Waals surface area contributed by atoms with Crippen LogP contribution in [0.4, 0.5) is 0 Å². The van der Waals surface area contributed by atoms with Crippen molar-refractivity contribution in [2.24, 2.45) is 17.3 Å². The zero-order valence-electron chi connectivity index (χ0n) is 21.5. The maximum atomic E-state index is 13.1. The van der Waals surface area contributed by atoms with Crippen LogP contribution < -0.4 is 5.32 Å². The average molecular weight is 475 g/mol. The average Bonchev–Trinajstić information content (AvgIpc) is 3.17. The molecular weight excluding hydrogens is 432 g/mol. The number of ketones is 1. The highest BCUT2D eigenvalue weighted by Gasteiger charge is 2.52. The highest BCUT2D eigenvalue weighted by atomic mass is 32.1. The Morgan fingerprint density at radius 1 is 1.21 bits per heavy atom. The van der Waals surface area contributed by atoms with Crippen molar-refractivity contribution in [3.63, 3.8) is 0 Å². The number of aromatic nitrogens is 1. The molecule has 1 aromatic rings. The Bertz CT molecular complexity index is 890. The fourth-order valence-corrected chi connectivity index (χ4v) is 5.84. The highest BCUT2D eigenvalue weighted by molar-refractivity contribution is 7.09. The smallest absolute Gasteiger partial charge is 0.220 e. The molecule has 5 atom stereocenters. The van der Waals surface area contributed by atoms with E-state index in [2.05, 4.69) is 44.1 Å². The molecule has 1 amide bonds. The number of thiazole rings is 1. The third-order valence-electron chi connectivity index (χ3n) is 7.60. The molecule has 2 saturated heterocycles. The molecule has 0 radical (unpaired) electrons. The van der Waals surface area contributed by atoms with Gasteiger partial charge >= 0.3 is 0 Å². The molecule has 0 bridgehead atoms. The summed E-state index contributed by atoms with van der Waals surface area (Å²) in [5.41, 5.74) is 1.42. The molecule has 0 saturated carbocycles. The van der Waals surface area contributed by atoms with Gasteiger partial charge < -0.3 is 10.1 Å². The second-order valence-corrected chi connectivity index (χ2v) is 12.4. The van der Waals surface area contributed by atoms with Crippen molar-refractivity contribution in [2.45, 2.75) is 111 Å². The SMILES string of the molecule is CC(=Cc1csc(C)n1)C1CC2OC2(C)CCCC(C)CC(C)C(=O)C(C)(C)CCC(=O)N1. The van der Waals surface area contributed by atoms with Gasteiger partial charge in [0.25, 0.3) is 0 Å². The van der Waals surface area contributed by atoms with Crippen LogP contribution in [0.2, 0.25) is 0 Å². The Balaban J connectivity index is 1.79. The van der Waals surface area contributed by atoms with E-state index in [0.717, 1.165) is 48.4 Å². The van der Waals surface area contributed by atoms with Gasteiger partial charge in [-0.2, -0.15) is 0 Å². The van der Waals surface area contributed by atoms with Gasteiger partial charge in [-0.3, -0.25) is 9.59 Å². The molecule has 0 aromatic carbocycles. The molecule has 5 unspecified atom stereocenters. The van der Waals surface area contributed by atoms with Crippen molar-refractivity contribution >= 4 is 29.1 Å². The quantitative estimate of drug-likeness (QED) is 0.525. The van der Waals surface area contributed by atoms with Gasteiger partial charge in [0.2, 0.25) is 5.91 Å². The number of Topliss-reactive ketones (excluding diaryl/α,β-unsaturated/α-hetero) is 1. The maximum absolute atomic E-state index is 13.1. The monoisotopic (exact) mass is 474 g/mol. The Morgan fingerprint density at radius 3 is 2.61 bits per heavy atom. The number of rotatable bonds is 2. The molecule has 1 N–H and O–H groups in total. The molecule has 5 nitrogen and oxygen atoms in total. The Labute approximate surface area is 203 Å². The molecule has 184 valence electrons. The van der Waals surface area contributed by atoms with Crippen LogP contribution in [0.15, 0.2) is 11.0 Å². The zero-order chi connectivity index (χ0) is 24.4. The van der Waals surface area contributed by atoms with Gasteiger partial charge in [-0.1, -0.05) is 40.5 Å². The van der Waals surface area contributed by atoms with Crippen LogP contribution in [-0.2, 0) is 14.3 Å². The molecule has 6 heteroatoms. The van der Waals surface area contributed by atoms with Crippen molar-refractivity contribution in [3.8, 4) is 0 Å². The van der Waals surface area contributed by atoms with Crippen LogP contribution in [0, 0.1) is 24.2 Å². The second-order valence-electron chi connectivity index (χ2n) is 11.3. The fraction of sp³-hybridized carbons (Fsp3) is 0.741. The number of nitrogens with zero attached hydrogens (tertiary/aromatic N) is 1. The van der Waals surface area contributed by atoms with E-state index in [4.69, 9.17) is 4.74 Å². The number of hydrogen-bond donors (Lipinski definition) is 1. The summed E-state index contributed by atoms with van der Waals surface area (Å²) in [6.07, 6.45) is 8.06. The number of carbonyl (C=O) groups excluding carboxylic acids is 2. The minimum atomic E-state index is -0.496. The first kappa shape index (κ1) is 26.1. The third kappa shape index (κ3) is 6.98. The van der Waals surface area contributed by atoms with E-state index >= 15 is 0 Å². The first-order chi connectivity index (χ1) is 15.4. The Morgan fingerprint density at radius 2 is 1.94 bits per heavy atom. The molecule has 1 aromatic heterocycles. The van der Waals surface area contributed by atoms with Crippen molar-refractivity contribution in [1.29, 1.82) is 0 Å². The van der Waals surface area contributed by atoms with Gasteiger partial charge in [-0.15, -0.1) is 11.3 Å². The first-order valence-corrected chi connectivity index (χ1v) is 13.4. The number of nitrogens with one attached hydrogen (secondary N) is 1. The van der Waals surface area contributed by atoms with E-state index in [9.17, 15) is 9.59 Å². The minimum absolute atomic E-state index is 0.00134. The number of carbonyl (C=O) groups is 2. The fourth-order valence-electron chi connectivity index (χ4n) is 5.27. The molecule has 0 aliphatic carbocycles. The largest absolute Gasteiger partial charge is 0.366 e. The van der Waals surface area contributed by atoms with Crippen molar-refractivity contribution in [3.05, 3.63) is 21.7 Å². The highest BCUT2D eigenvalue weighted by Crippen LogP contribution is 2.44. The molecule has 2 aliphatic rings. The number of amides is 1. The van der Waals surface area contributed by atoms with Crippen LogP contribution in [0.25, 0.3) is 6.08 Å². The van der Waals surface area contributed by atoms with E-state index in [1.165, 1.54) is 0 Å². The Hall–Kier alpha value is -1.53. The van der Waals surface area contributed by atoms with Crippen molar-refractivity contribution in [1.82, 2.24) is 10.3 Å². The van der Waals surface area contributed by atoms with Gasteiger partial charge in [0.05, 0.1) is 28.4 Å². The van der Waals surface area contributed by atoms with E-state index in [1.54, 1.807) is 11.3 Å². The molecule has 33 heavy (non-hydrogen) atoms. The number of aryl methyl sites for hydroxylation is 1. The summed E-state index contributed by atoms with van der Waals surface area (Å²) in [7, 11) is 0. The number of fused-ring (bicyclic) bond motifs is 1. The molecule has 0 spiro atoms. The second kappa shape index (κ2) is 10.4. The van der Waals surface area contributed by atoms with E-state index in [1.807, 2.05) is 26.2 Å². The van der Waals surface area contributed by atoms with Crippen molar-refractivity contribution < 1.29 is 14.3 Å². The summed E-state index contributed by atoms with van der Waals surface area (Å²) in [6.45, 7) is 14.5. The number of epoxide rings is 1. The lowest BCUT2D eigenvalue weighted by Crippen LogP contribution is -2.39. The summed E-state index contributed by atoms with van der Waals surface area (Å²) in [5, 5.41) is 6.33. The summed E-state index contributed by atoms with van der Waals surface area (Å²) >= 11 is 1.63. The van der Waals surface area contributed by atoms with E-state index in [0.29, 0.717) is 18.8 Å². The van der Waals surface area contributed by atoms with Crippen LogP contribution in [0.1, 0.15) is 97.2 Å². The topological polar surface area (TPSA) is 71.6 Å². The predicted octanol–water partition coefficient (Wildman–Crippen LogP) is 6.11. The predicted molar refractivity (Wildman–Crippen MR) is 135 cm³/mol. The summed E-state index contributed by atoms with van der Waals surface area (Å²) < 4.78 is 6.16. The van der Waals surface area contributed by atoms with E-state index in [-0.39, 0.29) is 35.4 Å². The normalized spacial score (nSPS) is 34.5. The van der Waals surface area contributed by atoms with Crippen molar-refractivity contribution in [2.75, 3.05) is 0 Å². The van der Waals surface area contributed by atoms with Gasteiger partial charge in [-0.05, 0) is 57.6 Å². The van der Waals surface area contributed by atoms with Gasteiger partial charge in [0.15, 0.2) is 0 Å². The van der Waals surface area contributed by atoms with E-state index < -0.39 is 5.41 Å². The lowest BCUT2D eigenvalue weighted by molar-refractivity contribution is -0.132. The van der Waals surface area contributed by atoms with Gasteiger partial charge in [0.1, 0.15) is 5.78 Å². The molecule has 3 heterocycles. The molecule has 2 aliphatic heterocycles. The van der Waals surface area contributed by atoms with Crippen LogP contribution >= 0.6 is 11.3 Å². The standard InChI is InChI=1S/C27H42N2O3S/c1-17-9-8-11-27(7)23(32-27)15-22(18(2)14-21-16-33-20(4)28-21)29-24(30)10-12-26(5,6)25(31)19(3)13-17/h14,16-17,19,22-23H,8-13,15H2,1-7H3,(H,29,30). The van der Waals surface area contributed by atoms with Gasteiger partial charge in [-0.25, -0.2) is 4.98 Å². The Kier molecular flexibility index (Phi) is 8.21. The molecule has 2 fully saturated rings. The zero-order valence-corrected chi connectivity index (χ0v) is 22.3. The summed E-state index contributed by atoms with van der Waals surface area (Å²) in [5.74, 6) is 0.805. The summed E-state index contributed by atoms with van der Waals surface area (Å²) in [6, 6.07) is -0.101. The number of hydrogen-bond acceptors (Lipinski definition) is 5. The van der Waals surface area contributed by atoms with Gasteiger partial charge in [0, 0.05) is 29.6 Å². The minimum Gasteiger partial charge on any atom is -0.366 e. The lowest BCUT2D eigenvalue weighted by atomic mass is 9.75. The van der Waals surface area contributed by atoms with Crippen LogP contribution in [0.5, 0.6) is 0 Å². The third-order valence-corrected chi connectivity index (χ3v) is 8.39.